The van der Waals surface area contributed by atoms with Crippen molar-refractivity contribution in [1.29, 1.82) is 0 Å². The highest BCUT2D eigenvalue weighted by molar-refractivity contribution is 5.17. The lowest BCUT2D eigenvalue weighted by Crippen LogP contribution is -2.22. The van der Waals surface area contributed by atoms with Gasteiger partial charge < -0.3 is 4.74 Å². The van der Waals surface area contributed by atoms with E-state index in [1.807, 2.05) is 0 Å². The highest BCUT2D eigenvalue weighted by atomic mass is 16.6. The van der Waals surface area contributed by atoms with Crippen LogP contribution in [0.4, 0.5) is 0 Å². The summed E-state index contributed by atoms with van der Waals surface area (Å²) in [4.78, 5) is 0. The van der Waals surface area contributed by atoms with Crippen molar-refractivity contribution in [2.75, 3.05) is 0 Å². The Morgan fingerprint density at radius 3 is 1.62 bits per heavy atom. The van der Waals surface area contributed by atoms with Crippen molar-refractivity contribution in [3.8, 4) is 0 Å². The zero-order valence-corrected chi connectivity index (χ0v) is 9.82. The molecular weight excluding hydrogens is 160 g/mol. The third-order valence-electron chi connectivity index (χ3n) is 4.78. The molecule has 1 aliphatic heterocycles. The number of rotatable bonds is 2. The van der Waals surface area contributed by atoms with Gasteiger partial charge in [0.15, 0.2) is 0 Å². The first-order chi connectivity index (χ1) is 5.62. The average molecular weight is 182 g/mol. The van der Waals surface area contributed by atoms with Crippen molar-refractivity contribution in [2.45, 2.75) is 65.6 Å². The van der Waals surface area contributed by atoms with Gasteiger partial charge >= 0.3 is 0 Å². The summed E-state index contributed by atoms with van der Waals surface area (Å²) in [6.45, 7) is 13.8. The molecule has 0 aromatic heterocycles. The topological polar surface area (TPSA) is 12.5 Å². The van der Waals surface area contributed by atoms with Gasteiger partial charge in [-0.1, -0.05) is 20.8 Å². The fraction of sp³-hybridized carbons (Fsp3) is 1.00. The molecule has 1 heteroatoms. The summed E-state index contributed by atoms with van der Waals surface area (Å²) in [7, 11) is 0. The zero-order chi connectivity index (χ0) is 10.1. The fourth-order valence-corrected chi connectivity index (χ4v) is 2.76. The van der Waals surface area contributed by atoms with Crippen molar-refractivity contribution in [3.63, 3.8) is 0 Å². The second kappa shape index (κ2) is 1.98. The molecule has 0 radical (unpaired) electrons. The summed E-state index contributed by atoms with van der Waals surface area (Å²) in [5, 5.41) is 0. The second-order valence-corrected chi connectivity index (χ2v) is 6.64. The minimum Gasteiger partial charge on any atom is -0.363 e. The Hall–Kier alpha value is -0.0400. The predicted octanol–water partition coefficient (Wildman–Crippen LogP) is 3.38. The first-order valence-electron chi connectivity index (χ1n) is 5.32. The standard InChI is InChI=1S/C12H22O/c1-9(2)7-11(9,5)8-12(6)10(3,4)13-12/h7-8H2,1-6H3. The Bertz CT molecular complexity index is 228. The minimum atomic E-state index is 0.120. The van der Waals surface area contributed by atoms with Gasteiger partial charge in [0, 0.05) is 0 Å². The summed E-state index contributed by atoms with van der Waals surface area (Å²) in [5.74, 6) is 0. The largest absolute Gasteiger partial charge is 0.363 e. The van der Waals surface area contributed by atoms with E-state index in [1.165, 1.54) is 12.8 Å². The predicted molar refractivity (Wildman–Crippen MR) is 54.7 cm³/mol. The zero-order valence-electron chi connectivity index (χ0n) is 9.82. The lowest BCUT2D eigenvalue weighted by atomic mass is 9.83. The molecule has 0 aromatic carbocycles. The van der Waals surface area contributed by atoms with Crippen LogP contribution in [0.25, 0.3) is 0 Å². The van der Waals surface area contributed by atoms with E-state index >= 15 is 0 Å². The first kappa shape index (κ1) is 9.51. The molecule has 0 aromatic rings. The molecular formula is C12H22O. The van der Waals surface area contributed by atoms with Gasteiger partial charge in [0.2, 0.25) is 0 Å². The molecule has 2 unspecified atom stereocenters. The molecule has 1 saturated heterocycles. The van der Waals surface area contributed by atoms with Crippen molar-refractivity contribution < 1.29 is 4.74 Å². The Balaban J connectivity index is 2.02. The van der Waals surface area contributed by atoms with Crippen molar-refractivity contribution in [2.24, 2.45) is 10.8 Å². The van der Waals surface area contributed by atoms with Crippen LogP contribution in [0.5, 0.6) is 0 Å². The van der Waals surface area contributed by atoms with E-state index in [2.05, 4.69) is 41.5 Å². The van der Waals surface area contributed by atoms with E-state index in [0.717, 1.165) is 0 Å². The van der Waals surface area contributed by atoms with Crippen LogP contribution in [0.1, 0.15) is 54.4 Å². The Morgan fingerprint density at radius 2 is 1.38 bits per heavy atom. The van der Waals surface area contributed by atoms with Crippen LogP contribution in [0.2, 0.25) is 0 Å². The molecule has 2 rings (SSSR count). The Morgan fingerprint density at radius 1 is 1.00 bits per heavy atom. The van der Waals surface area contributed by atoms with Gasteiger partial charge in [-0.05, 0) is 44.4 Å². The van der Waals surface area contributed by atoms with Crippen LogP contribution < -0.4 is 0 Å². The summed E-state index contributed by atoms with van der Waals surface area (Å²) in [6, 6.07) is 0. The van der Waals surface area contributed by atoms with Crippen LogP contribution >= 0.6 is 0 Å². The molecule has 0 amide bonds. The van der Waals surface area contributed by atoms with E-state index in [-0.39, 0.29) is 11.2 Å². The maximum atomic E-state index is 5.80. The molecule has 2 aliphatic rings. The van der Waals surface area contributed by atoms with E-state index in [1.54, 1.807) is 0 Å². The van der Waals surface area contributed by atoms with E-state index in [4.69, 9.17) is 4.74 Å². The molecule has 1 heterocycles. The lowest BCUT2D eigenvalue weighted by Gasteiger charge is -2.18. The summed E-state index contributed by atoms with van der Waals surface area (Å²) < 4.78 is 5.80. The van der Waals surface area contributed by atoms with Gasteiger partial charge in [-0.25, -0.2) is 0 Å². The first-order valence-corrected chi connectivity index (χ1v) is 5.32. The maximum Gasteiger partial charge on any atom is 0.0951 e. The highest BCUT2D eigenvalue weighted by Gasteiger charge is 2.68. The van der Waals surface area contributed by atoms with Gasteiger partial charge in [-0.3, -0.25) is 0 Å². The normalized spacial score (nSPS) is 50.3. The van der Waals surface area contributed by atoms with Gasteiger partial charge in [0.1, 0.15) is 0 Å². The van der Waals surface area contributed by atoms with Gasteiger partial charge in [-0.2, -0.15) is 0 Å². The molecule has 2 fully saturated rings. The van der Waals surface area contributed by atoms with Crippen LogP contribution in [-0.4, -0.2) is 11.2 Å². The van der Waals surface area contributed by atoms with E-state index in [9.17, 15) is 0 Å². The summed E-state index contributed by atoms with van der Waals surface area (Å²) in [5.41, 5.74) is 1.33. The quantitative estimate of drug-likeness (QED) is 0.596. The van der Waals surface area contributed by atoms with E-state index in [0.29, 0.717) is 10.8 Å². The van der Waals surface area contributed by atoms with Crippen LogP contribution in [-0.2, 0) is 4.74 Å². The summed E-state index contributed by atoms with van der Waals surface area (Å²) >= 11 is 0. The van der Waals surface area contributed by atoms with Gasteiger partial charge in [-0.15, -0.1) is 0 Å². The molecule has 1 saturated carbocycles. The van der Waals surface area contributed by atoms with Crippen LogP contribution in [0, 0.1) is 10.8 Å². The third kappa shape index (κ3) is 1.16. The number of hydrogen-bond acceptors (Lipinski definition) is 1. The molecule has 0 spiro atoms. The SMILES string of the molecule is CC1(C)CC1(C)CC1(C)OC1(C)C. The fourth-order valence-electron chi connectivity index (χ4n) is 2.76. The smallest absolute Gasteiger partial charge is 0.0951 e. The number of epoxide rings is 1. The second-order valence-electron chi connectivity index (χ2n) is 6.64. The molecule has 76 valence electrons. The number of hydrogen-bond donors (Lipinski definition) is 0. The Labute approximate surface area is 81.9 Å². The maximum absolute atomic E-state index is 5.80. The van der Waals surface area contributed by atoms with Crippen LogP contribution in [0.15, 0.2) is 0 Å². The van der Waals surface area contributed by atoms with E-state index < -0.39 is 0 Å². The number of ether oxygens (including phenoxy) is 1. The van der Waals surface area contributed by atoms with Gasteiger partial charge in [0.05, 0.1) is 11.2 Å². The van der Waals surface area contributed by atoms with Crippen molar-refractivity contribution in [3.05, 3.63) is 0 Å². The molecule has 1 aliphatic carbocycles. The molecule has 13 heavy (non-hydrogen) atoms. The monoisotopic (exact) mass is 182 g/mol. The van der Waals surface area contributed by atoms with Gasteiger partial charge in [0.25, 0.3) is 0 Å². The molecule has 0 bridgehead atoms. The van der Waals surface area contributed by atoms with Crippen molar-refractivity contribution in [1.82, 2.24) is 0 Å². The molecule has 0 N–H and O–H groups in total. The lowest BCUT2D eigenvalue weighted by molar-refractivity contribution is 0.235. The third-order valence-corrected chi connectivity index (χ3v) is 4.78. The summed E-state index contributed by atoms with van der Waals surface area (Å²) in [6.07, 6.45) is 2.58. The minimum absolute atomic E-state index is 0.120. The molecule has 2 atom stereocenters. The van der Waals surface area contributed by atoms with Crippen molar-refractivity contribution >= 4 is 0 Å². The Kier molecular flexibility index (Phi) is 1.45. The molecule has 1 nitrogen and oxygen atoms in total. The average Bonchev–Trinajstić information content (AvgIpc) is 2.43. The van der Waals surface area contributed by atoms with Crippen LogP contribution in [0.3, 0.4) is 0 Å². The highest BCUT2D eigenvalue weighted by Crippen LogP contribution is 2.70.